The molecule has 56 valence electrons. The summed E-state index contributed by atoms with van der Waals surface area (Å²) >= 11 is 4.06. The minimum Gasteiger partial charge on any atom is -0.346 e. The van der Waals surface area contributed by atoms with Gasteiger partial charge in [-0.2, -0.15) is 0 Å². The molecule has 1 N–H and O–H groups in total. The van der Waals surface area contributed by atoms with Gasteiger partial charge in [0.1, 0.15) is 10.7 Å². The highest BCUT2D eigenvalue weighted by molar-refractivity contribution is 8.68. The molecular weight excluding hydrogens is 176 g/mol. The highest BCUT2D eigenvalue weighted by atomic mass is 33.1. The van der Waals surface area contributed by atoms with Gasteiger partial charge < -0.3 is 4.98 Å². The summed E-state index contributed by atoms with van der Waals surface area (Å²) < 4.78 is 0. The van der Waals surface area contributed by atoms with E-state index in [1.165, 1.54) is 10.8 Å². The molecule has 11 heavy (non-hydrogen) atoms. The first-order valence-corrected chi connectivity index (χ1v) is 5.02. The van der Waals surface area contributed by atoms with Crippen LogP contribution < -0.4 is 0 Å². The van der Waals surface area contributed by atoms with Crippen LogP contribution in [0.25, 0.3) is 11.0 Å². The first-order valence-electron chi connectivity index (χ1n) is 3.16. The van der Waals surface area contributed by atoms with Crippen molar-refractivity contribution in [3.63, 3.8) is 0 Å². The van der Waals surface area contributed by atoms with Crippen LogP contribution in [0.15, 0.2) is 29.4 Å². The predicted molar refractivity (Wildman–Crippen MR) is 50.9 cm³/mol. The third kappa shape index (κ3) is 1.23. The van der Waals surface area contributed by atoms with Gasteiger partial charge >= 0.3 is 0 Å². The van der Waals surface area contributed by atoms with E-state index in [9.17, 15) is 0 Å². The van der Waals surface area contributed by atoms with E-state index < -0.39 is 0 Å². The zero-order valence-corrected chi connectivity index (χ0v) is 7.32. The number of nitrogens with one attached hydrogen (secondary N) is 1. The molecule has 0 atom stereocenters. The topological polar surface area (TPSA) is 28.7 Å². The third-order valence-electron chi connectivity index (χ3n) is 1.48. The van der Waals surface area contributed by atoms with Crippen LogP contribution in [0.4, 0.5) is 0 Å². The largest absolute Gasteiger partial charge is 0.346 e. The van der Waals surface area contributed by atoms with E-state index in [0.717, 1.165) is 16.1 Å². The monoisotopic (exact) mass is 182 g/mol. The van der Waals surface area contributed by atoms with Crippen LogP contribution in [0.5, 0.6) is 0 Å². The molecule has 2 rings (SSSR count). The summed E-state index contributed by atoms with van der Waals surface area (Å²) in [7, 11) is 1.35. The van der Waals surface area contributed by atoms with Crippen LogP contribution in [0, 0.1) is 0 Å². The van der Waals surface area contributed by atoms with Gasteiger partial charge in [-0.1, -0.05) is 0 Å². The number of hydrogen-bond acceptors (Lipinski definition) is 3. The van der Waals surface area contributed by atoms with Gasteiger partial charge in [0.25, 0.3) is 0 Å². The molecule has 0 saturated carbocycles. The zero-order valence-electron chi connectivity index (χ0n) is 5.61. The molecule has 0 unspecified atom stereocenters. The van der Waals surface area contributed by atoms with Crippen molar-refractivity contribution in [1.82, 2.24) is 9.97 Å². The Morgan fingerprint density at radius 2 is 2.27 bits per heavy atom. The Balaban J connectivity index is 2.67. The molecule has 0 aliphatic rings. The molecule has 0 aliphatic carbocycles. The highest BCUT2D eigenvalue weighted by Gasteiger charge is 1.96. The maximum absolute atomic E-state index is 4.28. The van der Waals surface area contributed by atoms with E-state index in [1.54, 1.807) is 0 Å². The van der Waals surface area contributed by atoms with Gasteiger partial charge in [0.15, 0.2) is 0 Å². The van der Waals surface area contributed by atoms with Crippen LogP contribution in [0.3, 0.4) is 0 Å². The van der Waals surface area contributed by atoms with Crippen molar-refractivity contribution < 1.29 is 0 Å². The van der Waals surface area contributed by atoms with E-state index in [2.05, 4.69) is 21.6 Å². The SMILES string of the molecule is SSc1ccc2cc[nH]c2n1. The number of rotatable bonds is 1. The summed E-state index contributed by atoms with van der Waals surface area (Å²) in [6, 6.07) is 5.97. The molecule has 2 nitrogen and oxygen atoms in total. The second-order valence-corrected chi connectivity index (χ2v) is 3.30. The molecule has 0 bridgehead atoms. The predicted octanol–water partition coefficient (Wildman–Crippen LogP) is 2.50. The number of thiol groups is 1. The average molecular weight is 182 g/mol. The van der Waals surface area contributed by atoms with E-state index in [0.29, 0.717) is 0 Å². The van der Waals surface area contributed by atoms with Crippen molar-refractivity contribution in [3.8, 4) is 0 Å². The van der Waals surface area contributed by atoms with Gasteiger partial charge in [-0.3, -0.25) is 0 Å². The quantitative estimate of drug-likeness (QED) is 0.524. The normalized spacial score (nSPS) is 10.6. The lowest BCUT2D eigenvalue weighted by Crippen LogP contribution is -1.77. The Hall–Kier alpha value is -0.610. The van der Waals surface area contributed by atoms with Crippen molar-refractivity contribution in [3.05, 3.63) is 24.4 Å². The van der Waals surface area contributed by atoms with E-state index in [-0.39, 0.29) is 0 Å². The van der Waals surface area contributed by atoms with Gasteiger partial charge in [-0.25, -0.2) is 4.98 Å². The Labute approximate surface area is 73.2 Å². The number of fused-ring (bicyclic) bond motifs is 1. The minimum absolute atomic E-state index is 0.920. The summed E-state index contributed by atoms with van der Waals surface area (Å²) in [4.78, 5) is 7.32. The molecule has 2 heterocycles. The summed E-state index contributed by atoms with van der Waals surface area (Å²) in [6.07, 6.45) is 1.88. The van der Waals surface area contributed by atoms with E-state index in [1.807, 2.05) is 24.4 Å². The Kier molecular flexibility index (Phi) is 1.79. The number of H-pyrrole nitrogens is 1. The molecule has 2 aromatic heterocycles. The molecule has 0 radical (unpaired) electrons. The second kappa shape index (κ2) is 2.79. The molecule has 0 aliphatic heterocycles. The summed E-state index contributed by atoms with van der Waals surface area (Å²) in [6.45, 7) is 0. The summed E-state index contributed by atoms with van der Waals surface area (Å²) in [5.74, 6) is 0. The molecule has 0 spiro atoms. The number of pyridine rings is 1. The van der Waals surface area contributed by atoms with Crippen LogP contribution in [0.2, 0.25) is 0 Å². The number of aromatic nitrogens is 2. The lowest BCUT2D eigenvalue weighted by molar-refractivity contribution is 1.17. The molecule has 0 fully saturated rings. The van der Waals surface area contributed by atoms with Gasteiger partial charge in [-0.15, -0.1) is 11.7 Å². The number of aromatic amines is 1. The maximum atomic E-state index is 4.28. The summed E-state index contributed by atoms with van der Waals surface area (Å²) in [5, 5.41) is 2.06. The van der Waals surface area contributed by atoms with Gasteiger partial charge in [0, 0.05) is 11.6 Å². The molecule has 0 saturated heterocycles. The molecule has 2 aromatic rings. The lowest BCUT2D eigenvalue weighted by Gasteiger charge is -1.92. The van der Waals surface area contributed by atoms with E-state index in [4.69, 9.17) is 0 Å². The number of hydrogen-bond donors (Lipinski definition) is 2. The fourth-order valence-corrected chi connectivity index (χ4v) is 1.53. The lowest BCUT2D eigenvalue weighted by atomic mass is 10.3. The fourth-order valence-electron chi connectivity index (χ4n) is 0.963. The van der Waals surface area contributed by atoms with Crippen molar-refractivity contribution in [2.24, 2.45) is 0 Å². The van der Waals surface area contributed by atoms with Crippen LogP contribution >= 0.6 is 22.5 Å². The Bertz CT molecular complexity index is 369. The van der Waals surface area contributed by atoms with Crippen molar-refractivity contribution >= 4 is 33.5 Å². The van der Waals surface area contributed by atoms with E-state index >= 15 is 0 Å². The Morgan fingerprint density at radius 3 is 3.09 bits per heavy atom. The zero-order chi connectivity index (χ0) is 7.68. The van der Waals surface area contributed by atoms with Gasteiger partial charge in [0.2, 0.25) is 0 Å². The molecule has 0 aromatic carbocycles. The van der Waals surface area contributed by atoms with Gasteiger partial charge in [-0.05, 0) is 29.0 Å². The van der Waals surface area contributed by atoms with Crippen molar-refractivity contribution in [2.45, 2.75) is 5.03 Å². The Morgan fingerprint density at radius 1 is 1.36 bits per heavy atom. The van der Waals surface area contributed by atoms with Gasteiger partial charge in [0.05, 0.1) is 0 Å². The molecule has 0 amide bonds. The standard InChI is InChI=1S/C7H6N2S2/c10-11-6-2-1-5-3-4-8-7(5)9-6/h1-4,10H,(H,8,9). The summed E-state index contributed by atoms with van der Waals surface area (Å²) in [5.41, 5.74) is 0.920. The molecular formula is C7H6N2S2. The first-order chi connectivity index (χ1) is 5.40. The van der Waals surface area contributed by atoms with Crippen LogP contribution in [-0.2, 0) is 0 Å². The maximum Gasteiger partial charge on any atom is 0.138 e. The fraction of sp³-hybridized carbons (Fsp3) is 0. The minimum atomic E-state index is 0.920. The van der Waals surface area contributed by atoms with Crippen LogP contribution in [-0.4, -0.2) is 9.97 Å². The second-order valence-electron chi connectivity index (χ2n) is 2.16. The smallest absolute Gasteiger partial charge is 0.138 e. The molecule has 4 heteroatoms. The highest BCUT2D eigenvalue weighted by Crippen LogP contribution is 2.21. The average Bonchev–Trinajstić information content (AvgIpc) is 2.50. The van der Waals surface area contributed by atoms with Crippen LogP contribution in [0.1, 0.15) is 0 Å². The third-order valence-corrected chi connectivity index (χ3v) is 2.45. The number of nitrogens with zero attached hydrogens (tertiary/aromatic N) is 1. The van der Waals surface area contributed by atoms with Crippen molar-refractivity contribution in [2.75, 3.05) is 0 Å². The van der Waals surface area contributed by atoms with Crippen molar-refractivity contribution in [1.29, 1.82) is 0 Å². The first kappa shape index (κ1) is 7.06.